The molecule has 0 amide bonds. The molecule has 0 saturated heterocycles. The predicted octanol–water partition coefficient (Wildman–Crippen LogP) is 2.93. The van der Waals surface area contributed by atoms with Crippen LogP contribution in [-0.2, 0) is 13.0 Å². The van der Waals surface area contributed by atoms with Gasteiger partial charge >= 0.3 is 0 Å². The van der Waals surface area contributed by atoms with E-state index in [0.29, 0.717) is 0 Å². The van der Waals surface area contributed by atoms with Crippen LogP contribution in [0.3, 0.4) is 0 Å². The number of pyridine rings is 1. The zero-order valence-corrected chi connectivity index (χ0v) is 11.4. The summed E-state index contributed by atoms with van der Waals surface area (Å²) in [5.41, 5.74) is 2.34. The van der Waals surface area contributed by atoms with Gasteiger partial charge in [-0.3, -0.25) is 0 Å². The summed E-state index contributed by atoms with van der Waals surface area (Å²) in [6.07, 6.45) is 2.27. The Morgan fingerprint density at radius 3 is 2.65 bits per heavy atom. The lowest BCUT2D eigenvalue weighted by Crippen LogP contribution is -2.15. The second-order valence-electron chi connectivity index (χ2n) is 4.50. The third kappa shape index (κ3) is 5.18. The molecule has 0 fully saturated rings. The molecule has 0 aliphatic heterocycles. The summed E-state index contributed by atoms with van der Waals surface area (Å²) in [7, 11) is 0. The van der Waals surface area contributed by atoms with Crippen LogP contribution in [0.4, 0.5) is 0 Å². The maximum Gasteiger partial charge on any atom is 0.214 e. The molecule has 1 aromatic heterocycles. The van der Waals surface area contributed by atoms with Crippen molar-refractivity contribution in [3.63, 3.8) is 0 Å². The van der Waals surface area contributed by atoms with Gasteiger partial charge < -0.3 is 10.1 Å². The molecule has 3 heteroatoms. The second kappa shape index (κ2) is 7.28. The molecule has 0 atom stereocenters. The van der Waals surface area contributed by atoms with Crippen LogP contribution in [0.25, 0.3) is 0 Å². The van der Waals surface area contributed by atoms with E-state index in [1.807, 2.05) is 19.9 Å². The van der Waals surface area contributed by atoms with Gasteiger partial charge in [-0.25, -0.2) is 4.98 Å². The van der Waals surface area contributed by atoms with Crippen LogP contribution >= 0.6 is 0 Å². The minimum Gasteiger partial charge on any atom is -0.475 e. The van der Waals surface area contributed by atoms with Crippen LogP contribution in [0.15, 0.2) is 12.1 Å². The highest BCUT2D eigenvalue weighted by atomic mass is 16.5. The number of ether oxygens (including phenoxy) is 1. The molecular weight excluding hydrogens is 212 g/mol. The SMILES string of the molecule is CCCNCc1cc(CC)nc(OC(C)C)c1. The molecule has 0 aliphatic carbocycles. The first-order valence-electron chi connectivity index (χ1n) is 6.52. The van der Waals surface area contributed by atoms with Crippen molar-refractivity contribution in [1.29, 1.82) is 0 Å². The largest absolute Gasteiger partial charge is 0.475 e. The topological polar surface area (TPSA) is 34.2 Å². The Balaban J connectivity index is 2.74. The lowest BCUT2D eigenvalue weighted by atomic mass is 10.2. The molecule has 0 aromatic carbocycles. The summed E-state index contributed by atoms with van der Waals surface area (Å²) in [6.45, 7) is 10.3. The standard InChI is InChI=1S/C14H24N2O/c1-5-7-15-10-12-8-13(6-2)16-14(9-12)17-11(3)4/h8-9,11,15H,5-7,10H2,1-4H3. The summed E-state index contributed by atoms with van der Waals surface area (Å²) in [6, 6.07) is 4.18. The van der Waals surface area contributed by atoms with E-state index >= 15 is 0 Å². The molecule has 0 saturated carbocycles. The highest BCUT2D eigenvalue weighted by molar-refractivity contribution is 5.25. The maximum absolute atomic E-state index is 5.66. The molecule has 3 nitrogen and oxygen atoms in total. The molecule has 1 N–H and O–H groups in total. The second-order valence-corrected chi connectivity index (χ2v) is 4.50. The Morgan fingerprint density at radius 1 is 1.29 bits per heavy atom. The lowest BCUT2D eigenvalue weighted by molar-refractivity contribution is 0.232. The highest BCUT2D eigenvalue weighted by Gasteiger charge is 2.04. The monoisotopic (exact) mass is 236 g/mol. The summed E-state index contributed by atoms with van der Waals surface area (Å²) >= 11 is 0. The molecule has 1 rings (SSSR count). The number of aromatic nitrogens is 1. The van der Waals surface area contributed by atoms with E-state index in [1.165, 1.54) is 5.56 Å². The van der Waals surface area contributed by atoms with Gasteiger partial charge in [-0.05, 0) is 44.9 Å². The minimum atomic E-state index is 0.172. The third-order valence-corrected chi connectivity index (χ3v) is 2.39. The molecule has 0 bridgehead atoms. The van der Waals surface area contributed by atoms with Crippen molar-refractivity contribution < 1.29 is 4.74 Å². The number of nitrogens with one attached hydrogen (secondary N) is 1. The Morgan fingerprint density at radius 2 is 2.06 bits per heavy atom. The van der Waals surface area contributed by atoms with E-state index in [-0.39, 0.29) is 6.10 Å². The zero-order valence-electron chi connectivity index (χ0n) is 11.4. The number of nitrogens with zero attached hydrogens (tertiary/aromatic N) is 1. The minimum absolute atomic E-state index is 0.172. The van der Waals surface area contributed by atoms with E-state index in [1.54, 1.807) is 0 Å². The van der Waals surface area contributed by atoms with Crippen LogP contribution in [0, 0.1) is 0 Å². The van der Waals surface area contributed by atoms with Crippen molar-refractivity contribution >= 4 is 0 Å². The van der Waals surface area contributed by atoms with E-state index in [9.17, 15) is 0 Å². The molecular formula is C14H24N2O. The van der Waals surface area contributed by atoms with E-state index in [2.05, 4.69) is 30.2 Å². The third-order valence-electron chi connectivity index (χ3n) is 2.39. The van der Waals surface area contributed by atoms with Gasteiger partial charge in [-0.15, -0.1) is 0 Å². The number of hydrogen-bond donors (Lipinski definition) is 1. The van der Waals surface area contributed by atoms with Gasteiger partial charge in [0.15, 0.2) is 0 Å². The number of rotatable bonds is 7. The van der Waals surface area contributed by atoms with Gasteiger partial charge in [0, 0.05) is 18.3 Å². The molecule has 96 valence electrons. The molecule has 0 radical (unpaired) electrons. The van der Waals surface area contributed by atoms with Gasteiger partial charge in [-0.1, -0.05) is 13.8 Å². The van der Waals surface area contributed by atoms with Crippen molar-refractivity contribution in [3.05, 3.63) is 23.4 Å². The quantitative estimate of drug-likeness (QED) is 0.739. The Hall–Kier alpha value is -1.09. The van der Waals surface area contributed by atoms with Crippen LogP contribution in [0.2, 0.25) is 0 Å². The van der Waals surface area contributed by atoms with Crippen LogP contribution in [-0.4, -0.2) is 17.6 Å². The van der Waals surface area contributed by atoms with Gasteiger partial charge in [0.05, 0.1) is 6.10 Å². The lowest BCUT2D eigenvalue weighted by Gasteiger charge is -2.12. The molecule has 0 spiro atoms. The molecule has 1 aromatic rings. The van der Waals surface area contributed by atoms with Crippen molar-refractivity contribution in [2.24, 2.45) is 0 Å². The Bertz CT molecular complexity index is 337. The number of hydrogen-bond acceptors (Lipinski definition) is 3. The van der Waals surface area contributed by atoms with E-state index in [4.69, 9.17) is 4.74 Å². The predicted molar refractivity (Wildman–Crippen MR) is 71.4 cm³/mol. The van der Waals surface area contributed by atoms with Gasteiger partial charge in [0.1, 0.15) is 0 Å². The average Bonchev–Trinajstić information content (AvgIpc) is 2.28. The van der Waals surface area contributed by atoms with Crippen molar-refractivity contribution in [3.8, 4) is 5.88 Å². The number of aryl methyl sites for hydroxylation is 1. The van der Waals surface area contributed by atoms with E-state index < -0.39 is 0 Å². The first-order valence-corrected chi connectivity index (χ1v) is 6.52. The fraction of sp³-hybridized carbons (Fsp3) is 0.643. The Kier molecular flexibility index (Phi) is 5.98. The summed E-state index contributed by atoms with van der Waals surface area (Å²) in [5.74, 6) is 0.743. The van der Waals surface area contributed by atoms with Crippen molar-refractivity contribution in [2.75, 3.05) is 6.54 Å². The van der Waals surface area contributed by atoms with Crippen molar-refractivity contribution in [2.45, 2.75) is 53.2 Å². The van der Waals surface area contributed by atoms with Gasteiger partial charge in [0.25, 0.3) is 0 Å². The normalized spacial score (nSPS) is 10.9. The molecule has 17 heavy (non-hydrogen) atoms. The van der Waals surface area contributed by atoms with Gasteiger partial charge in [0.2, 0.25) is 5.88 Å². The van der Waals surface area contributed by atoms with Crippen LogP contribution in [0.5, 0.6) is 5.88 Å². The Labute approximate surface area is 105 Å². The first-order chi connectivity index (χ1) is 8.15. The average molecular weight is 236 g/mol. The maximum atomic E-state index is 5.66. The van der Waals surface area contributed by atoms with Crippen molar-refractivity contribution in [1.82, 2.24) is 10.3 Å². The van der Waals surface area contributed by atoms with Crippen LogP contribution < -0.4 is 10.1 Å². The molecule has 1 heterocycles. The molecule has 0 unspecified atom stereocenters. The summed E-state index contributed by atoms with van der Waals surface area (Å²) in [5, 5.41) is 3.40. The highest BCUT2D eigenvalue weighted by Crippen LogP contribution is 2.14. The first kappa shape index (κ1) is 14.0. The summed E-state index contributed by atoms with van der Waals surface area (Å²) < 4.78 is 5.66. The van der Waals surface area contributed by atoms with Gasteiger partial charge in [-0.2, -0.15) is 0 Å². The van der Waals surface area contributed by atoms with Crippen LogP contribution in [0.1, 0.15) is 45.4 Å². The smallest absolute Gasteiger partial charge is 0.214 e. The summed E-state index contributed by atoms with van der Waals surface area (Å²) in [4.78, 5) is 4.47. The fourth-order valence-corrected chi connectivity index (χ4v) is 1.61. The van der Waals surface area contributed by atoms with E-state index in [0.717, 1.165) is 37.5 Å². The zero-order chi connectivity index (χ0) is 12.7. The molecule has 0 aliphatic rings. The fourth-order valence-electron chi connectivity index (χ4n) is 1.61.